The van der Waals surface area contributed by atoms with Crippen LogP contribution in [0.15, 0.2) is 0 Å². The second kappa shape index (κ2) is 7.22. The van der Waals surface area contributed by atoms with Crippen molar-refractivity contribution in [2.24, 2.45) is 0 Å². The fraction of sp³-hybridized carbons (Fsp3) is 0.846. The lowest BCUT2D eigenvalue weighted by Crippen LogP contribution is -2.50. The molecule has 1 N–H and O–H groups in total. The van der Waals surface area contributed by atoms with Gasteiger partial charge in [-0.1, -0.05) is 13.8 Å². The van der Waals surface area contributed by atoms with Crippen molar-refractivity contribution in [2.75, 3.05) is 13.1 Å². The number of hydrogen-bond acceptors (Lipinski definition) is 4. The molecule has 0 saturated carbocycles. The summed E-state index contributed by atoms with van der Waals surface area (Å²) in [6.45, 7) is 12.8. The van der Waals surface area contributed by atoms with Crippen LogP contribution < -0.4 is 5.32 Å². The molecule has 0 aromatic rings. The zero-order valence-electron chi connectivity index (χ0n) is 12.3. The fourth-order valence-corrected chi connectivity index (χ4v) is 1.70. The highest BCUT2D eigenvalue weighted by molar-refractivity contribution is 5.68. The van der Waals surface area contributed by atoms with Gasteiger partial charge in [-0.3, -0.25) is 4.90 Å². The minimum atomic E-state index is -0.527. The van der Waals surface area contributed by atoms with E-state index in [1.54, 1.807) is 0 Å². The summed E-state index contributed by atoms with van der Waals surface area (Å²) >= 11 is 0. The lowest BCUT2D eigenvalue weighted by molar-refractivity contribution is 0.0485. The molecule has 0 aliphatic carbocycles. The molecular formula is C13H25N3O2. The van der Waals surface area contributed by atoms with Crippen molar-refractivity contribution >= 4 is 6.09 Å². The Balaban J connectivity index is 4.50. The number of hydrogen-bond donors (Lipinski definition) is 1. The zero-order valence-corrected chi connectivity index (χ0v) is 12.3. The number of nitrogens with zero attached hydrogens (tertiary/aromatic N) is 2. The number of carbonyl (C=O) groups is 1. The molecule has 0 saturated heterocycles. The highest BCUT2D eigenvalue weighted by Gasteiger charge is 2.25. The van der Waals surface area contributed by atoms with Crippen LogP contribution >= 0.6 is 0 Å². The molecule has 0 fully saturated rings. The maximum absolute atomic E-state index is 11.6. The van der Waals surface area contributed by atoms with Gasteiger partial charge in [-0.05, 0) is 40.8 Å². The van der Waals surface area contributed by atoms with E-state index in [0.717, 1.165) is 13.1 Å². The molecule has 0 heterocycles. The van der Waals surface area contributed by atoms with Gasteiger partial charge in [0.1, 0.15) is 11.6 Å². The Morgan fingerprint density at radius 3 is 2.22 bits per heavy atom. The van der Waals surface area contributed by atoms with E-state index < -0.39 is 11.7 Å². The first kappa shape index (κ1) is 16.7. The molecule has 1 amide bonds. The van der Waals surface area contributed by atoms with Crippen LogP contribution in [-0.4, -0.2) is 41.8 Å². The van der Waals surface area contributed by atoms with E-state index in [2.05, 4.69) is 11.4 Å². The standard InChI is InChI=1S/C13H25N3O2/c1-7-16(8-2)11(9-14)10(3)15-12(17)18-13(4,5)6/h10-11H,7-8H2,1-6H3,(H,15,17). The summed E-state index contributed by atoms with van der Waals surface area (Å²) in [4.78, 5) is 13.6. The van der Waals surface area contributed by atoms with Crippen LogP contribution in [0.4, 0.5) is 4.79 Å². The molecule has 0 bridgehead atoms. The highest BCUT2D eigenvalue weighted by atomic mass is 16.6. The van der Waals surface area contributed by atoms with Gasteiger partial charge in [-0.2, -0.15) is 5.26 Å². The molecule has 2 unspecified atom stereocenters. The second-order valence-corrected chi connectivity index (χ2v) is 5.23. The van der Waals surface area contributed by atoms with Gasteiger partial charge in [-0.25, -0.2) is 4.79 Å². The fourth-order valence-electron chi connectivity index (χ4n) is 1.70. The first-order chi connectivity index (χ1) is 8.25. The Morgan fingerprint density at radius 2 is 1.89 bits per heavy atom. The van der Waals surface area contributed by atoms with Crippen molar-refractivity contribution < 1.29 is 9.53 Å². The highest BCUT2D eigenvalue weighted by Crippen LogP contribution is 2.08. The van der Waals surface area contributed by atoms with Crippen molar-refractivity contribution in [2.45, 2.75) is 59.2 Å². The summed E-state index contributed by atoms with van der Waals surface area (Å²) in [5.74, 6) is 0. The number of amides is 1. The van der Waals surface area contributed by atoms with Crippen molar-refractivity contribution in [1.82, 2.24) is 10.2 Å². The molecular weight excluding hydrogens is 230 g/mol. The van der Waals surface area contributed by atoms with E-state index in [1.807, 2.05) is 46.4 Å². The maximum Gasteiger partial charge on any atom is 0.407 e. The van der Waals surface area contributed by atoms with Crippen LogP contribution in [0.1, 0.15) is 41.5 Å². The van der Waals surface area contributed by atoms with Crippen LogP contribution in [0.2, 0.25) is 0 Å². The Kier molecular flexibility index (Phi) is 6.71. The Labute approximate surface area is 110 Å². The number of ether oxygens (including phenoxy) is 1. The summed E-state index contributed by atoms with van der Waals surface area (Å²) in [7, 11) is 0. The summed E-state index contributed by atoms with van der Waals surface area (Å²) in [5.41, 5.74) is -0.527. The van der Waals surface area contributed by atoms with Crippen LogP contribution in [0, 0.1) is 11.3 Å². The second-order valence-electron chi connectivity index (χ2n) is 5.23. The van der Waals surface area contributed by atoms with E-state index >= 15 is 0 Å². The van der Waals surface area contributed by atoms with E-state index in [9.17, 15) is 10.1 Å². The zero-order chi connectivity index (χ0) is 14.3. The Bertz CT molecular complexity index is 300. The minimum Gasteiger partial charge on any atom is -0.444 e. The molecule has 0 radical (unpaired) electrons. The number of rotatable bonds is 5. The molecule has 0 aliphatic heterocycles. The largest absolute Gasteiger partial charge is 0.444 e. The predicted molar refractivity (Wildman–Crippen MR) is 71.2 cm³/mol. The molecule has 2 atom stereocenters. The van der Waals surface area contributed by atoms with Crippen molar-refractivity contribution in [3.63, 3.8) is 0 Å². The molecule has 5 nitrogen and oxygen atoms in total. The lowest BCUT2D eigenvalue weighted by atomic mass is 10.1. The topological polar surface area (TPSA) is 65.4 Å². The van der Waals surface area contributed by atoms with E-state index in [0.29, 0.717) is 0 Å². The van der Waals surface area contributed by atoms with Crippen molar-refractivity contribution in [3.05, 3.63) is 0 Å². The Hall–Kier alpha value is -1.28. The number of nitriles is 1. The lowest BCUT2D eigenvalue weighted by Gasteiger charge is -2.30. The van der Waals surface area contributed by atoms with Gasteiger partial charge in [0.05, 0.1) is 12.1 Å². The molecule has 18 heavy (non-hydrogen) atoms. The normalized spacial score (nSPS) is 14.8. The van der Waals surface area contributed by atoms with E-state index in [-0.39, 0.29) is 12.1 Å². The first-order valence-electron chi connectivity index (χ1n) is 6.38. The van der Waals surface area contributed by atoms with Crippen molar-refractivity contribution in [1.29, 1.82) is 5.26 Å². The van der Waals surface area contributed by atoms with Gasteiger partial charge in [-0.15, -0.1) is 0 Å². The molecule has 0 aromatic heterocycles. The molecule has 0 aliphatic rings. The quantitative estimate of drug-likeness (QED) is 0.817. The van der Waals surface area contributed by atoms with Gasteiger partial charge < -0.3 is 10.1 Å². The molecule has 0 rings (SSSR count). The van der Waals surface area contributed by atoms with Gasteiger partial charge in [0, 0.05) is 0 Å². The van der Waals surface area contributed by atoms with Crippen LogP contribution in [-0.2, 0) is 4.74 Å². The predicted octanol–water partition coefficient (Wildman–Crippen LogP) is 2.13. The first-order valence-corrected chi connectivity index (χ1v) is 6.38. The number of likely N-dealkylation sites (N-methyl/N-ethyl adjacent to an activating group) is 1. The summed E-state index contributed by atoms with van der Waals surface area (Å²) in [6.07, 6.45) is -0.484. The number of nitrogens with one attached hydrogen (secondary N) is 1. The van der Waals surface area contributed by atoms with E-state index in [4.69, 9.17) is 4.74 Å². The molecule has 5 heteroatoms. The average molecular weight is 255 g/mol. The maximum atomic E-state index is 11.6. The molecule has 104 valence electrons. The van der Waals surface area contributed by atoms with Gasteiger partial charge >= 0.3 is 6.09 Å². The van der Waals surface area contributed by atoms with Gasteiger partial charge in [0.25, 0.3) is 0 Å². The van der Waals surface area contributed by atoms with Crippen LogP contribution in [0.5, 0.6) is 0 Å². The van der Waals surface area contributed by atoms with Crippen molar-refractivity contribution in [3.8, 4) is 6.07 Å². The number of alkyl carbamates (subject to hydrolysis) is 1. The van der Waals surface area contributed by atoms with Gasteiger partial charge in [0.2, 0.25) is 0 Å². The SMILES string of the molecule is CCN(CC)C(C#N)C(C)NC(=O)OC(C)(C)C. The average Bonchev–Trinajstić information content (AvgIpc) is 2.22. The summed E-state index contributed by atoms with van der Waals surface area (Å²) in [5, 5.41) is 11.9. The van der Waals surface area contributed by atoms with E-state index in [1.165, 1.54) is 0 Å². The van der Waals surface area contributed by atoms with Gasteiger partial charge in [0.15, 0.2) is 0 Å². The number of carbonyl (C=O) groups excluding carboxylic acids is 1. The summed E-state index contributed by atoms with van der Waals surface area (Å²) in [6, 6.07) is 1.61. The molecule has 0 spiro atoms. The van der Waals surface area contributed by atoms with Crippen LogP contribution in [0.3, 0.4) is 0 Å². The summed E-state index contributed by atoms with van der Waals surface area (Å²) < 4.78 is 5.17. The monoisotopic (exact) mass is 255 g/mol. The van der Waals surface area contributed by atoms with Crippen LogP contribution in [0.25, 0.3) is 0 Å². The Morgan fingerprint density at radius 1 is 1.39 bits per heavy atom. The third-order valence-electron chi connectivity index (χ3n) is 2.56. The third kappa shape index (κ3) is 5.87. The third-order valence-corrected chi connectivity index (χ3v) is 2.56. The smallest absolute Gasteiger partial charge is 0.407 e. The molecule has 0 aromatic carbocycles. The minimum absolute atomic E-state index is 0.273.